The van der Waals surface area contributed by atoms with E-state index in [1.165, 1.54) is 0 Å². The molecule has 0 fully saturated rings. The van der Waals surface area contributed by atoms with Crippen LogP contribution in [-0.4, -0.2) is 68.2 Å². The van der Waals surface area contributed by atoms with E-state index in [1.54, 1.807) is 0 Å². The van der Waals surface area contributed by atoms with Crippen LogP contribution in [0.1, 0.15) is 6.42 Å². The molecule has 1 N–H and O–H groups in total. The summed E-state index contributed by atoms with van der Waals surface area (Å²) >= 11 is 3.68. The van der Waals surface area contributed by atoms with Gasteiger partial charge < -0.3 is 5.11 Å². The van der Waals surface area contributed by atoms with E-state index >= 15 is 0 Å². The third-order valence-corrected chi connectivity index (χ3v) is 0.549. The Balaban J connectivity index is 0. The summed E-state index contributed by atoms with van der Waals surface area (Å²) in [5.41, 5.74) is 0. The van der Waals surface area contributed by atoms with Gasteiger partial charge in [-0.1, -0.05) is 0 Å². The van der Waals surface area contributed by atoms with Crippen LogP contribution in [0, 0.1) is 0 Å². The predicted octanol–water partition coefficient (Wildman–Crippen LogP) is -0.258. The molecule has 7 heavy (non-hydrogen) atoms. The second-order valence-corrected chi connectivity index (χ2v) is 1.31. The summed E-state index contributed by atoms with van der Waals surface area (Å²) in [6.45, 7) is 0. The zero-order chi connectivity index (χ0) is 4.99. The number of thiol groups is 1. The van der Waals surface area contributed by atoms with E-state index in [2.05, 4.69) is 12.6 Å². The zero-order valence-electron chi connectivity index (χ0n) is 3.22. The fourth-order valence-electron chi connectivity index (χ4n) is 0.0956. The summed E-state index contributed by atoms with van der Waals surface area (Å²) in [5, 5.41) is 7.86. The van der Waals surface area contributed by atoms with Gasteiger partial charge in [0.1, 0.15) is 0 Å². The molecule has 0 saturated carbocycles. The minimum atomic E-state index is -0.787. The third kappa shape index (κ3) is 11.2. The third-order valence-electron chi connectivity index (χ3n) is 0.326. The molecule has 4 heteroatoms. The van der Waals surface area contributed by atoms with E-state index in [9.17, 15) is 4.79 Å². The Morgan fingerprint density at radius 2 is 2.14 bits per heavy atom. The second kappa shape index (κ2) is 7.46. The molecule has 0 aliphatic carbocycles. The molecule has 0 atom stereocenters. The Morgan fingerprint density at radius 1 is 1.71 bits per heavy atom. The van der Waals surface area contributed by atoms with E-state index in [1.807, 2.05) is 0 Å². The van der Waals surface area contributed by atoms with Crippen LogP contribution < -0.4 is 0 Å². The SMILES string of the molecule is O=C(O)CCS.[KH]. The van der Waals surface area contributed by atoms with Crippen LogP contribution in [0.5, 0.6) is 0 Å². The van der Waals surface area contributed by atoms with E-state index in [0.29, 0.717) is 5.75 Å². The van der Waals surface area contributed by atoms with E-state index in [-0.39, 0.29) is 57.8 Å². The molecule has 0 heterocycles. The topological polar surface area (TPSA) is 37.3 Å². The van der Waals surface area contributed by atoms with E-state index < -0.39 is 5.97 Å². The Morgan fingerprint density at radius 3 is 2.14 bits per heavy atom. The van der Waals surface area contributed by atoms with Crippen molar-refractivity contribution >= 4 is 70.0 Å². The van der Waals surface area contributed by atoms with Gasteiger partial charge >= 0.3 is 57.4 Å². The van der Waals surface area contributed by atoms with Gasteiger partial charge in [0.15, 0.2) is 0 Å². The van der Waals surface area contributed by atoms with Crippen molar-refractivity contribution in [1.82, 2.24) is 0 Å². The van der Waals surface area contributed by atoms with Crippen LogP contribution in [0.3, 0.4) is 0 Å². The normalized spacial score (nSPS) is 7.00. The van der Waals surface area contributed by atoms with Crippen molar-refractivity contribution in [2.45, 2.75) is 6.42 Å². The standard InChI is InChI=1S/C3H6O2S.K.H/c4-3(5)1-2-6;;/h6H,1-2H2,(H,4,5);;. The van der Waals surface area contributed by atoms with Crippen molar-refractivity contribution in [3.05, 3.63) is 0 Å². The molecule has 0 saturated heterocycles. The van der Waals surface area contributed by atoms with E-state index in [4.69, 9.17) is 5.11 Å². The predicted molar refractivity (Wildman–Crippen MR) is 33.3 cm³/mol. The Hall–Kier alpha value is 1.46. The number of aliphatic carboxylic acids is 1. The van der Waals surface area contributed by atoms with Crippen LogP contribution in [0.25, 0.3) is 0 Å². The number of hydrogen-bond donors (Lipinski definition) is 2. The van der Waals surface area contributed by atoms with E-state index in [0.717, 1.165) is 0 Å². The van der Waals surface area contributed by atoms with Gasteiger partial charge in [-0.05, 0) is 0 Å². The van der Waals surface area contributed by atoms with Gasteiger partial charge in [0, 0.05) is 5.75 Å². The van der Waals surface area contributed by atoms with Gasteiger partial charge in [0.2, 0.25) is 0 Å². The molecule has 38 valence electrons. The summed E-state index contributed by atoms with van der Waals surface area (Å²) in [7, 11) is 0. The molecular formula is C3H7KO2S. The second-order valence-electron chi connectivity index (χ2n) is 0.867. The van der Waals surface area contributed by atoms with Crippen LogP contribution in [0.4, 0.5) is 0 Å². The zero-order valence-corrected chi connectivity index (χ0v) is 4.11. The van der Waals surface area contributed by atoms with Crippen LogP contribution in [0.15, 0.2) is 0 Å². The van der Waals surface area contributed by atoms with Gasteiger partial charge in [0.05, 0.1) is 6.42 Å². The van der Waals surface area contributed by atoms with Gasteiger partial charge in [-0.25, -0.2) is 0 Å². The molecule has 0 radical (unpaired) electrons. The summed E-state index contributed by atoms with van der Waals surface area (Å²) in [6, 6.07) is 0. The van der Waals surface area contributed by atoms with Crippen molar-refractivity contribution in [1.29, 1.82) is 0 Å². The number of carboxylic acid groups (broad SMARTS) is 1. The fourth-order valence-corrected chi connectivity index (χ4v) is 0.287. The molecule has 0 rings (SSSR count). The average Bonchev–Trinajstić information content (AvgIpc) is 1.35. The Labute approximate surface area is 90.5 Å². The molecule has 0 aromatic carbocycles. The first-order chi connectivity index (χ1) is 2.77. The monoisotopic (exact) mass is 146 g/mol. The van der Waals surface area contributed by atoms with Crippen LogP contribution in [-0.2, 0) is 4.79 Å². The van der Waals surface area contributed by atoms with Crippen LogP contribution in [0.2, 0.25) is 0 Å². The maximum absolute atomic E-state index is 9.55. The molecule has 0 bridgehead atoms. The molecule has 0 unspecified atom stereocenters. The number of hydrogen-bond acceptors (Lipinski definition) is 2. The Kier molecular flexibility index (Phi) is 12.0. The van der Waals surface area contributed by atoms with Gasteiger partial charge in [-0.2, -0.15) is 12.6 Å². The van der Waals surface area contributed by atoms with Gasteiger partial charge in [0.25, 0.3) is 0 Å². The van der Waals surface area contributed by atoms with Crippen molar-refractivity contribution in [2.24, 2.45) is 0 Å². The molecule has 0 aromatic rings. The molecule has 0 aliphatic heterocycles. The molecular weight excluding hydrogens is 139 g/mol. The number of rotatable bonds is 2. The van der Waals surface area contributed by atoms with Crippen molar-refractivity contribution in [2.75, 3.05) is 5.75 Å². The maximum atomic E-state index is 9.55. The summed E-state index contributed by atoms with van der Waals surface area (Å²) in [5.74, 6) is -0.361. The minimum absolute atomic E-state index is 0. The van der Waals surface area contributed by atoms with Gasteiger partial charge in [-0.3, -0.25) is 4.79 Å². The quantitative estimate of drug-likeness (QED) is 0.416. The summed E-state index contributed by atoms with van der Waals surface area (Å²) < 4.78 is 0. The van der Waals surface area contributed by atoms with Crippen molar-refractivity contribution < 1.29 is 9.90 Å². The fraction of sp³-hybridized carbons (Fsp3) is 0.667. The first-order valence-corrected chi connectivity index (χ1v) is 2.23. The average molecular weight is 146 g/mol. The molecule has 0 spiro atoms. The first-order valence-electron chi connectivity index (χ1n) is 1.60. The summed E-state index contributed by atoms with van der Waals surface area (Å²) in [4.78, 5) is 9.55. The van der Waals surface area contributed by atoms with Gasteiger partial charge in [-0.15, -0.1) is 0 Å². The molecule has 0 aliphatic rings. The van der Waals surface area contributed by atoms with Crippen molar-refractivity contribution in [3.8, 4) is 0 Å². The van der Waals surface area contributed by atoms with Crippen LogP contribution >= 0.6 is 12.6 Å². The Bertz CT molecular complexity index is 56.9. The summed E-state index contributed by atoms with van der Waals surface area (Å²) in [6.07, 6.45) is 0.156. The van der Waals surface area contributed by atoms with Crippen molar-refractivity contribution in [3.63, 3.8) is 0 Å². The molecule has 0 amide bonds. The number of carbonyl (C=O) groups is 1. The molecule has 0 aromatic heterocycles. The molecule has 2 nitrogen and oxygen atoms in total. The number of carboxylic acids is 1. The first kappa shape index (κ1) is 11.3.